The summed E-state index contributed by atoms with van der Waals surface area (Å²) in [6, 6.07) is 9.80. The van der Waals surface area contributed by atoms with E-state index in [1.165, 1.54) is 11.3 Å². The van der Waals surface area contributed by atoms with Gasteiger partial charge in [-0.2, -0.15) is 0 Å². The molecule has 2 rings (SSSR count). The highest BCUT2D eigenvalue weighted by Crippen LogP contribution is 2.22. The van der Waals surface area contributed by atoms with Gasteiger partial charge in [0.15, 0.2) is 5.13 Å². The third-order valence-corrected chi connectivity index (χ3v) is 3.06. The Kier molecular flexibility index (Phi) is 3.16. The average Bonchev–Trinajstić information content (AvgIpc) is 2.78. The molecule has 0 bridgehead atoms. The molecule has 2 aromatic rings. The Bertz CT molecular complexity index is 493. The van der Waals surface area contributed by atoms with Gasteiger partial charge < -0.3 is 10.5 Å². The molecule has 5 heteroatoms. The topological polar surface area (TPSA) is 57.5 Å². The average molecular weight is 233 g/mol. The largest absolute Gasteiger partial charge is 0.411 e. The molecule has 0 amide bonds. The molecule has 1 aromatic heterocycles. The Morgan fingerprint density at radius 3 is 2.81 bits per heavy atom. The van der Waals surface area contributed by atoms with Gasteiger partial charge in [0.05, 0.1) is 10.6 Å². The van der Waals surface area contributed by atoms with Crippen LogP contribution in [0.4, 0.5) is 10.8 Å². The van der Waals surface area contributed by atoms with Crippen molar-refractivity contribution < 1.29 is 5.21 Å². The van der Waals surface area contributed by atoms with Crippen LogP contribution < -0.4 is 5.32 Å². The highest BCUT2D eigenvalue weighted by molar-refractivity contribution is 7.17. The van der Waals surface area contributed by atoms with Crippen LogP contribution in [0.2, 0.25) is 0 Å². The summed E-state index contributed by atoms with van der Waals surface area (Å²) in [5.41, 5.74) is 1.56. The molecule has 82 valence electrons. The van der Waals surface area contributed by atoms with Crippen molar-refractivity contribution in [3.63, 3.8) is 0 Å². The lowest BCUT2D eigenvalue weighted by Crippen LogP contribution is -1.88. The smallest absolute Gasteiger partial charge is 0.187 e. The van der Waals surface area contributed by atoms with Gasteiger partial charge in [-0.15, -0.1) is 0 Å². The standard InChI is InChI=1S/C11H11N3OS/c1-8(14-15)10-7-12-11(16-10)13-9-5-3-2-4-6-9/h2-7,15H,1H3,(H,12,13). The van der Waals surface area contributed by atoms with Crippen molar-refractivity contribution in [2.24, 2.45) is 5.16 Å². The molecule has 16 heavy (non-hydrogen) atoms. The van der Waals surface area contributed by atoms with Crippen LogP contribution >= 0.6 is 11.3 Å². The molecule has 0 unspecified atom stereocenters. The minimum absolute atomic E-state index is 0.568. The van der Waals surface area contributed by atoms with Crippen molar-refractivity contribution in [1.82, 2.24) is 4.98 Å². The van der Waals surface area contributed by atoms with E-state index in [0.29, 0.717) is 5.71 Å². The van der Waals surface area contributed by atoms with E-state index >= 15 is 0 Å². The maximum absolute atomic E-state index is 8.63. The molecule has 0 aliphatic rings. The van der Waals surface area contributed by atoms with E-state index < -0.39 is 0 Å². The third-order valence-electron chi connectivity index (χ3n) is 2.04. The third kappa shape index (κ3) is 2.38. The zero-order valence-electron chi connectivity index (χ0n) is 8.71. The zero-order valence-corrected chi connectivity index (χ0v) is 9.53. The second-order valence-corrected chi connectivity index (χ2v) is 4.24. The highest BCUT2D eigenvalue weighted by atomic mass is 32.1. The van der Waals surface area contributed by atoms with Crippen LogP contribution in [0.25, 0.3) is 0 Å². The van der Waals surface area contributed by atoms with E-state index in [9.17, 15) is 0 Å². The second-order valence-electron chi connectivity index (χ2n) is 3.21. The number of thiazole rings is 1. The predicted octanol–water partition coefficient (Wildman–Crippen LogP) is 3.08. The van der Waals surface area contributed by atoms with Gasteiger partial charge in [0.2, 0.25) is 0 Å². The van der Waals surface area contributed by atoms with Crippen LogP contribution in [-0.2, 0) is 0 Å². The van der Waals surface area contributed by atoms with E-state index in [-0.39, 0.29) is 0 Å². The van der Waals surface area contributed by atoms with Crippen LogP contribution in [0.3, 0.4) is 0 Å². The van der Waals surface area contributed by atoms with E-state index in [4.69, 9.17) is 5.21 Å². The predicted molar refractivity (Wildman–Crippen MR) is 65.8 cm³/mol. The summed E-state index contributed by atoms with van der Waals surface area (Å²) >= 11 is 1.45. The van der Waals surface area contributed by atoms with Gasteiger partial charge in [0.25, 0.3) is 0 Å². The van der Waals surface area contributed by atoms with Gasteiger partial charge in [-0.25, -0.2) is 4.98 Å². The lowest BCUT2D eigenvalue weighted by Gasteiger charge is -2.00. The molecule has 0 aliphatic carbocycles. The number of oxime groups is 1. The molecule has 1 heterocycles. The molecule has 2 N–H and O–H groups in total. The fraction of sp³-hybridized carbons (Fsp3) is 0.0909. The molecular formula is C11H11N3OS. The highest BCUT2D eigenvalue weighted by Gasteiger charge is 2.04. The van der Waals surface area contributed by atoms with Crippen molar-refractivity contribution in [2.45, 2.75) is 6.92 Å². The minimum Gasteiger partial charge on any atom is -0.411 e. The number of nitrogens with one attached hydrogen (secondary N) is 1. The lowest BCUT2D eigenvalue weighted by atomic mass is 10.3. The van der Waals surface area contributed by atoms with E-state index in [2.05, 4.69) is 15.5 Å². The zero-order chi connectivity index (χ0) is 11.4. The minimum atomic E-state index is 0.568. The van der Waals surface area contributed by atoms with Crippen molar-refractivity contribution in [2.75, 3.05) is 5.32 Å². The first kappa shape index (κ1) is 10.6. The summed E-state index contributed by atoms with van der Waals surface area (Å²) in [6.07, 6.45) is 1.69. The van der Waals surface area contributed by atoms with Gasteiger partial charge in [-0.05, 0) is 19.1 Å². The van der Waals surface area contributed by atoms with Gasteiger partial charge in [0, 0.05) is 11.9 Å². The van der Waals surface area contributed by atoms with Crippen LogP contribution in [0, 0.1) is 0 Å². The number of rotatable bonds is 3. The number of nitrogens with zero attached hydrogens (tertiary/aromatic N) is 2. The number of benzene rings is 1. The Morgan fingerprint density at radius 1 is 1.38 bits per heavy atom. The SMILES string of the molecule is CC(=NO)c1cnc(Nc2ccccc2)s1. The quantitative estimate of drug-likeness (QED) is 0.486. The van der Waals surface area contributed by atoms with Crippen LogP contribution in [0.5, 0.6) is 0 Å². The Labute approximate surface area is 97.3 Å². The van der Waals surface area contributed by atoms with Gasteiger partial charge in [-0.3, -0.25) is 0 Å². The Morgan fingerprint density at radius 2 is 2.12 bits per heavy atom. The molecule has 0 spiro atoms. The number of anilines is 2. The van der Waals surface area contributed by atoms with Crippen molar-refractivity contribution in [3.8, 4) is 0 Å². The molecule has 0 aliphatic heterocycles. The van der Waals surface area contributed by atoms with E-state index in [0.717, 1.165) is 15.7 Å². The second kappa shape index (κ2) is 4.76. The summed E-state index contributed by atoms with van der Waals surface area (Å²) < 4.78 is 0. The fourth-order valence-corrected chi connectivity index (χ4v) is 1.97. The van der Waals surface area contributed by atoms with Gasteiger partial charge >= 0.3 is 0 Å². The van der Waals surface area contributed by atoms with Crippen LogP contribution in [0.1, 0.15) is 11.8 Å². The number of hydrogen-bond acceptors (Lipinski definition) is 5. The van der Waals surface area contributed by atoms with E-state index in [1.54, 1.807) is 13.1 Å². The Balaban J connectivity index is 2.15. The molecular weight excluding hydrogens is 222 g/mol. The van der Waals surface area contributed by atoms with Crippen molar-refractivity contribution >= 4 is 27.9 Å². The summed E-state index contributed by atoms with van der Waals surface area (Å²) in [7, 11) is 0. The summed E-state index contributed by atoms with van der Waals surface area (Å²) in [5.74, 6) is 0. The van der Waals surface area contributed by atoms with Crippen molar-refractivity contribution in [1.29, 1.82) is 0 Å². The lowest BCUT2D eigenvalue weighted by molar-refractivity contribution is 0.319. The first-order chi connectivity index (χ1) is 7.79. The number of hydrogen-bond donors (Lipinski definition) is 2. The van der Waals surface area contributed by atoms with Crippen LogP contribution in [-0.4, -0.2) is 15.9 Å². The molecule has 1 aromatic carbocycles. The van der Waals surface area contributed by atoms with Crippen LogP contribution in [0.15, 0.2) is 41.7 Å². The van der Waals surface area contributed by atoms with Gasteiger partial charge in [-0.1, -0.05) is 34.7 Å². The summed E-state index contributed by atoms with van der Waals surface area (Å²) in [6.45, 7) is 1.74. The van der Waals surface area contributed by atoms with E-state index in [1.807, 2.05) is 30.3 Å². The molecule has 0 atom stereocenters. The first-order valence-corrected chi connectivity index (χ1v) is 5.58. The molecule has 0 saturated heterocycles. The maximum atomic E-state index is 8.63. The monoisotopic (exact) mass is 233 g/mol. The summed E-state index contributed by atoms with van der Waals surface area (Å²) in [4.78, 5) is 5.04. The fourth-order valence-electron chi connectivity index (χ4n) is 1.19. The number of para-hydroxylation sites is 1. The molecule has 0 radical (unpaired) electrons. The van der Waals surface area contributed by atoms with Crippen molar-refractivity contribution in [3.05, 3.63) is 41.4 Å². The Hall–Kier alpha value is -1.88. The summed E-state index contributed by atoms with van der Waals surface area (Å²) in [5, 5.41) is 15.7. The molecule has 4 nitrogen and oxygen atoms in total. The molecule has 0 saturated carbocycles. The van der Waals surface area contributed by atoms with Gasteiger partial charge in [0.1, 0.15) is 0 Å². The maximum Gasteiger partial charge on any atom is 0.187 e. The molecule has 0 fully saturated rings. The normalized spacial score (nSPS) is 11.4. The number of aromatic nitrogens is 1. The first-order valence-electron chi connectivity index (χ1n) is 4.76.